The Labute approximate surface area is 212 Å². The Morgan fingerprint density at radius 3 is 2.56 bits per heavy atom. The van der Waals surface area contributed by atoms with Gasteiger partial charge in [0, 0.05) is 23.6 Å². The van der Waals surface area contributed by atoms with Crippen LogP contribution >= 0.6 is 0 Å². The summed E-state index contributed by atoms with van der Waals surface area (Å²) in [6.45, 7) is 0.987. The molecule has 2 aliphatic rings. The summed E-state index contributed by atoms with van der Waals surface area (Å²) < 4.78 is 21.9. The summed E-state index contributed by atoms with van der Waals surface area (Å²) in [4.78, 5) is 12.6. The Bertz CT molecular complexity index is 1170. The molecule has 36 heavy (non-hydrogen) atoms. The molecule has 0 spiro atoms. The first kappa shape index (κ1) is 25.4. The zero-order chi connectivity index (χ0) is 25.9. The van der Waals surface area contributed by atoms with Crippen LogP contribution in [0.1, 0.15) is 31.2 Å². The number of fused-ring (bicyclic) bond motifs is 1. The number of likely N-dealkylation sites (N-methyl/N-ethyl adjacent to an activating group) is 1. The fourth-order valence-electron chi connectivity index (χ4n) is 5.95. The van der Waals surface area contributed by atoms with Crippen molar-refractivity contribution < 1.29 is 18.9 Å². The molecule has 1 saturated carbocycles. The number of aliphatic imine (C=N–C) groups is 1. The van der Waals surface area contributed by atoms with Crippen LogP contribution in [0, 0.1) is 11.5 Å². The molecule has 3 atom stereocenters. The standard InChI is InChI=1S/C26H34N6O4/c1-31-13-12-26(17-6-8-20(33-2)21(14-17)34-3)11-10-18(15-22(26)31)32(25(28)29-16-27)19-7-9-23(35-4)30-24(19)36-5/h6-9,14,18,22H,10-13,15H2,1-5H3,(H2,28,29). The molecule has 3 unspecified atom stereocenters. The summed E-state index contributed by atoms with van der Waals surface area (Å²) >= 11 is 0. The zero-order valence-electron chi connectivity index (χ0n) is 21.5. The number of ether oxygens (including phenoxy) is 4. The molecule has 10 nitrogen and oxygen atoms in total. The number of likely N-dealkylation sites (tertiary alicyclic amines) is 1. The largest absolute Gasteiger partial charge is 0.493 e. The van der Waals surface area contributed by atoms with Gasteiger partial charge in [0.05, 0.1) is 28.4 Å². The van der Waals surface area contributed by atoms with E-state index < -0.39 is 0 Å². The second-order valence-corrected chi connectivity index (χ2v) is 9.22. The number of nitriles is 1. The van der Waals surface area contributed by atoms with Crippen molar-refractivity contribution in [3.63, 3.8) is 0 Å². The number of methoxy groups -OCH3 is 4. The van der Waals surface area contributed by atoms with Gasteiger partial charge in [-0.3, -0.25) is 0 Å². The molecule has 2 fully saturated rings. The number of anilines is 1. The summed E-state index contributed by atoms with van der Waals surface area (Å²) in [5.41, 5.74) is 8.24. The molecule has 2 heterocycles. The highest BCUT2D eigenvalue weighted by Gasteiger charge is 2.52. The van der Waals surface area contributed by atoms with Crippen molar-refractivity contribution in [1.29, 1.82) is 5.26 Å². The molecular weight excluding hydrogens is 460 g/mol. The number of rotatable bonds is 7. The first-order chi connectivity index (χ1) is 17.4. The lowest BCUT2D eigenvalue weighted by Gasteiger charge is -2.47. The Balaban J connectivity index is 1.73. The lowest BCUT2D eigenvalue weighted by molar-refractivity contribution is 0.167. The van der Waals surface area contributed by atoms with Gasteiger partial charge in [-0.1, -0.05) is 6.07 Å². The third kappa shape index (κ3) is 4.35. The second-order valence-electron chi connectivity index (χ2n) is 9.22. The third-order valence-electron chi connectivity index (χ3n) is 7.71. The molecule has 1 aromatic heterocycles. The monoisotopic (exact) mass is 494 g/mol. The quantitative estimate of drug-likeness (QED) is 0.352. The van der Waals surface area contributed by atoms with E-state index in [-0.39, 0.29) is 23.5 Å². The summed E-state index contributed by atoms with van der Waals surface area (Å²) in [5, 5.41) is 9.27. The van der Waals surface area contributed by atoms with Crippen LogP contribution in [-0.2, 0) is 5.41 Å². The molecule has 1 aromatic carbocycles. The number of hydrogen-bond donors (Lipinski definition) is 1. The number of benzene rings is 1. The van der Waals surface area contributed by atoms with Gasteiger partial charge < -0.3 is 34.5 Å². The van der Waals surface area contributed by atoms with E-state index in [0.717, 1.165) is 43.7 Å². The van der Waals surface area contributed by atoms with E-state index in [2.05, 4.69) is 34.1 Å². The van der Waals surface area contributed by atoms with E-state index in [1.54, 1.807) is 34.5 Å². The summed E-state index contributed by atoms with van der Waals surface area (Å²) in [6, 6.07) is 10.1. The van der Waals surface area contributed by atoms with E-state index in [9.17, 15) is 5.26 Å². The number of nitrogens with zero attached hydrogens (tertiary/aromatic N) is 5. The highest BCUT2D eigenvalue weighted by atomic mass is 16.5. The smallest absolute Gasteiger partial charge is 0.241 e. The number of guanidine groups is 1. The lowest BCUT2D eigenvalue weighted by Crippen LogP contribution is -2.54. The Kier molecular flexibility index (Phi) is 7.40. The van der Waals surface area contributed by atoms with Crippen molar-refractivity contribution in [2.24, 2.45) is 10.7 Å². The van der Waals surface area contributed by atoms with E-state index in [1.807, 2.05) is 23.2 Å². The van der Waals surface area contributed by atoms with E-state index in [4.69, 9.17) is 24.7 Å². The van der Waals surface area contributed by atoms with Crippen LogP contribution in [0.15, 0.2) is 35.3 Å². The molecule has 1 aliphatic heterocycles. The van der Waals surface area contributed by atoms with Crippen molar-refractivity contribution >= 4 is 11.6 Å². The van der Waals surface area contributed by atoms with Gasteiger partial charge in [0.15, 0.2) is 11.5 Å². The molecule has 192 valence electrons. The van der Waals surface area contributed by atoms with Crippen molar-refractivity contribution in [1.82, 2.24) is 9.88 Å². The molecular formula is C26H34N6O4. The third-order valence-corrected chi connectivity index (χ3v) is 7.71. The zero-order valence-corrected chi connectivity index (χ0v) is 21.5. The van der Waals surface area contributed by atoms with Gasteiger partial charge in [-0.2, -0.15) is 10.2 Å². The average Bonchev–Trinajstić information content (AvgIpc) is 3.25. The second kappa shape index (κ2) is 10.5. The fraction of sp³-hybridized carbons (Fsp3) is 0.500. The minimum Gasteiger partial charge on any atom is -0.493 e. The van der Waals surface area contributed by atoms with Crippen LogP contribution in [0.4, 0.5) is 5.69 Å². The predicted octanol–water partition coefficient (Wildman–Crippen LogP) is 2.91. The van der Waals surface area contributed by atoms with Gasteiger partial charge in [-0.25, -0.2) is 0 Å². The predicted molar refractivity (Wildman–Crippen MR) is 137 cm³/mol. The van der Waals surface area contributed by atoms with Crippen molar-refractivity contribution in [3.8, 4) is 29.5 Å². The van der Waals surface area contributed by atoms with Crippen LogP contribution < -0.4 is 29.6 Å². The summed E-state index contributed by atoms with van der Waals surface area (Å²) in [6.07, 6.45) is 5.47. The Hall–Kier alpha value is -3.71. The van der Waals surface area contributed by atoms with Crippen LogP contribution in [0.5, 0.6) is 23.3 Å². The molecule has 4 rings (SSSR count). The summed E-state index contributed by atoms with van der Waals surface area (Å²) in [7, 11) is 8.59. The van der Waals surface area contributed by atoms with Gasteiger partial charge in [-0.05, 0) is 63.0 Å². The number of nitrogens with two attached hydrogens (primary N) is 1. The number of pyridine rings is 1. The molecule has 1 saturated heterocycles. The maximum Gasteiger partial charge on any atom is 0.241 e. The van der Waals surface area contributed by atoms with Crippen LogP contribution in [0.3, 0.4) is 0 Å². The maximum atomic E-state index is 9.27. The number of hydrogen-bond acceptors (Lipinski definition) is 8. The molecule has 0 amide bonds. The van der Waals surface area contributed by atoms with Crippen molar-refractivity contribution in [3.05, 3.63) is 35.9 Å². The Morgan fingerprint density at radius 1 is 1.11 bits per heavy atom. The highest BCUT2D eigenvalue weighted by Crippen LogP contribution is 2.51. The van der Waals surface area contributed by atoms with Gasteiger partial charge >= 0.3 is 0 Å². The first-order valence-corrected chi connectivity index (χ1v) is 12.0. The molecule has 2 aromatic rings. The first-order valence-electron chi connectivity index (χ1n) is 12.0. The van der Waals surface area contributed by atoms with Crippen LogP contribution in [0.25, 0.3) is 0 Å². The molecule has 0 bridgehead atoms. The molecule has 1 aliphatic carbocycles. The van der Waals surface area contributed by atoms with Gasteiger partial charge in [0.2, 0.25) is 23.9 Å². The van der Waals surface area contributed by atoms with Crippen molar-refractivity contribution in [2.45, 2.75) is 43.2 Å². The van der Waals surface area contributed by atoms with Crippen LogP contribution in [0.2, 0.25) is 0 Å². The SMILES string of the molecule is COc1ccc(N(C(N)=NC#N)C2CCC3(c4ccc(OC)c(OC)c4)CCN(C)C3C2)c(OC)n1. The fourth-order valence-corrected chi connectivity index (χ4v) is 5.95. The van der Waals surface area contributed by atoms with E-state index in [1.165, 1.54) is 5.56 Å². The highest BCUT2D eigenvalue weighted by molar-refractivity contribution is 5.97. The minimum absolute atomic E-state index is 0.00925. The molecule has 10 heteroatoms. The lowest BCUT2D eigenvalue weighted by atomic mass is 9.64. The van der Waals surface area contributed by atoms with Gasteiger partial charge in [0.1, 0.15) is 5.69 Å². The van der Waals surface area contributed by atoms with E-state index in [0.29, 0.717) is 17.4 Å². The molecule has 2 N–H and O–H groups in total. The normalized spacial score (nSPS) is 23.9. The average molecular weight is 495 g/mol. The Morgan fingerprint density at radius 2 is 1.89 bits per heavy atom. The molecule has 0 radical (unpaired) electrons. The van der Waals surface area contributed by atoms with Gasteiger partial charge in [0.25, 0.3) is 0 Å². The number of aromatic nitrogens is 1. The van der Waals surface area contributed by atoms with E-state index >= 15 is 0 Å². The summed E-state index contributed by atoms with van der Waals surface area (Å²) in [5.74, 6) is 2.37. The van der Waals surface area contributed by atoms with Gasteiger partial charge in [-0.15, -0.1) is 4.99 Å². The van der Waals surface area contributed by atoms with Crippen LogP contribution in [-0.4, -0.2) is 70.0 Å². The van der Waals surface area contributed by atoms with Crippen molar-refractivity contribution in [2.75, 3.05) is 46.9 Å². The maximum absolute atomic E-state index is 9.27. The minimum atomic E-state index is -0.0279. The topological polar surface area (TPSA) is 118 Å².